The van der Waals surface area contributed by atoms with Crippen LogP contribution in [0.2, 0.25) is 0 Å². The number of ether oxygens (including phenoxy) is 2. The van der Waals surface area contributed by atoms with Gasteiger partial charge in [0.05, 0.1) is 7.11 Å². The third-order valence-corrected chi connectivity index (χ3v) is 4.89. The Kier molecular flexibility index (Phi) is 5.53. The molecule has 1 aliphatic rings. The normalized spacial score (nSPS) is 16.6. The van der Waals surface area contributed by atoms with E-state index in [0.29, 0.717) is 41.4 Å². The van der Waals surface area contributed by atoms with Gasteiger partial charge in [0.1, 0.15) is 17.5 Å². The zero-order chi connectivity index (χ0) is 22.0. The van der Waals surface area contributed by atoms with Crippen LogP contribution in [0.3, 0.4) is 0 Å². The van der Waals surface area contributed by atoms with Crippen LogP contribution in [0.25, 0.3) is 11.4 Å². The lowest BCUT2D eigenvalue weighted by atomic mass is 10.1. The van der Waals surface area contributed by atoms with E-state index in [1.807, 2.05) is 12.1 Å². The minimum Gasteiger partial charge on any atom is -0.497 e. The van der Waals surface area contributed by atoms with E-state index in [1.165, 1.54) is 24.3 Å². The number of carbonyl (C=O) groups excluding carboxylic acids is 1. The molecule has 2 heterocycles. The molecule has 1 atom stereocenters. The lowest BCUT2D eigenvalue weighted by molar-refractivity contribution is -0.274. The summed E-state index contributed by atoms with van der Waals surface area (Å²) in [5.41, 5.74) is 1.37. The molecular weight excluding hydrogens is 415 g/mol. The molecule has 7 nitrogen and oxygen atoms in total. The molecule has 1 fully saturated rings. The summed E-state index contributed by atoms with van der Waals surface area (Å²) >= 11 is 0. The molecule has 1 aromatic heterocycles. The van der Waals surface area contributed by atoms with Gasteiger partial charge in [-0.1, -0.05) is 29.4 Å². The number of amides is 1. The zero-order valence-electron chi connectivity index (χ0n) is 16.4. The van der Waals surface area contributed by atoms with Crippen LogP contribution in [0.5, 0.6) is 11.5 Å². The maximum Gasteiger partial charge on any atom is 0.573 e. The van der Waals surface area contributed by atoms with Gasteiger partial charge in [-0.25, -0.2) is 0 Å². The summed E-state index contributed by atoms with van der Waals surface area (Å²) in [5, 5.41) is 4.02. The SMILES string of the molecule is COc1cccc(-c2noc(C3CCC(=O)N3Cc3ccc(OC(F)(F)F)cc3)n2)c1. The number of nitrogens with zero attached hydrogens (tertiary/aromatic N) is 3. The van der Waals surface area contributed by atoms with Gasteiger partial charge in [-0.05, 0) is 36.2 Å². The summed E-state index contributed by atoms with van der Waals surface area (Å²) in [5.74, 6) is 0.921. The summed E-state index contributed by atoms with van der Waals surface area (Å²) < 4.78 is 51.5. The molecule has 1 aliphatic heterocycles. The molecule has 1 unspecified atom stereocenters. The maximum atomic E-state index is 12.4. The van der Waals surface area contributed by atoms with E-state index in [-0.39, 0.29) is 18.2 Å². The molecule has 1 amide bonds. The van der Waals surface area contributed by atoms with Crippen LogP contribution >= 0.6 is 0 Å². The number of hydrogen-bond donors (Lipinski definition) is 0. The summed E-state index contributed by atoms with van der Waals surface area (Å²) in [6.07, 6.45) is -3.93. The first-order valence-corrected chi connectivity index (χ1v) is 9.44. The van der Waals surface area contributed by atoms with Crippen LogP contribution in [-0.2, 0) is 11.3 Å². The van der Waals surface area contributed by atoms with Crippen molar-refractivity contribution < 1.29 is 32.0 Å². The van der Waals surface area contributed by atoms with Crippen LogP contribution < -0.4 is 9.47 Å². The van der Waals surface area contributed by atoms with Crippen LogP contribution in [0.1, 0.15) is 30.3 Å². The van der Waals surface area contributed by atoms with Crippen molar-refractivity contribution in [2.45, 2.75) is 31.8 Å². The van der Waals surface area contributed by atoms with Crippen molar-refractivity contribution in [2.75, 3.05) is 7.11 Å². The number of halogens is 3. The van der Waals surface area contributed by atoms with E-state index >= 15 is 0 Å². The van der Waals surface area contributed by atoms with Crippen molar-refractivity contribution in [3.05, 3.63) is 60.0 Å². The topological polar surface area (TPSA) is 77.7 Å². The van der Waals surface area contributed by atoms with Gasteiger partial charge in [-0.15, -0.1) is 13.2 Å². The first-order chi connectivity index (χ1) is 14.8. The van der Waals surface area contributed by atoms with Gasteiger partial charge in [0, 0.05) is 18.5 Å². The minimum atomic E-state index is -4.75. The molecule has 0 saturated carbocycles. The zero-order valence-corrected chi connectivity index (χ0v) is 16.4. The second kappa shape index (κ2) is 8.29. The quantitative estimate of drug-likeness (QED) is 0.569. The van der Waals surface area contributed by atoms with E-state index in [0.717, 1.165) is 0 Å². The lowest BCUT2D eigenvalue weighted by Crippen LogP contribution is -2.27. The van der Waals surface area contributed by atoms with E-state index < -0.39 is 12.4 Å². The fraction of sp³-hybridized carbons (Fsp3) is 0.286. The summed E-state index contributed by atoms with van der Waals surface area (Å²) in [4.78, 5) is 18.5. The third kappa shape index (κ3) is 4.79. The first-order valence-electron chi connectivity index (χ1n) is 9.44. The predicted octanol–water partition coefficient (Wildman–Crippen LogP) is 4.51. The van der Waals surface area contributed by atoms with Gasteiger partial charge in [-0.2, -0.15) is 4.98 Å². The Labute approximate surface area is 175 Å². The van der Waals surface area contributed by atoms with Crippen LogP contribution in [0.4, 0.5) is 13.2 Å². The minimum absolute atomic E-state index is 0.0956. The number of rotatable bonds is 6. The van der Waals surface area contributed by atoms with Crippen molar-refractivity contribution in [1.82, 2.24) is 15.0 Å². The number of aromatic nitrogens is 2. The molecule has 1 saturated heterocycles. The van der Waals surface area contributed by atoms with Crippen molar-refractivity contribution in [3.63, 3.8) is 0 Å². The molecule has 162 valence electrons. The predicted molar refractivity (Wildman–Crippen MR) is 102 cm³/mol. The van der Waals surface area contributed by atoms with Crippen molar-refractivity contribution >= 4 is 5.91 Å². The Morgan fingerprint density at radius 1 is 1.16 bits per heavy atom. The summed E-state index contributed by atoms with van der Waals surface area (Å²) in [7, 11) is 1.56. The van der Waals surface area contributed by atoms with E-state index in [1.54, 1.807) is 24.1 Å². The van der Waals surface area contributed by atoms with Crippen molar-refractivity contribution in [2.24, 2.45) is 0 Å². The Morgan fingerprint density at radius 3 is 2.65 bits per heavy atom. The van der Waals surface area contributed by atoms with Crippen molar-refractivity contribution in [1.29, 1.82) is 0 Å². The molecule has 31 heavy (non-hydrogen) atoms. The highest BCUT2D eigenvalue weighted by atomic mass is 19.4. The average Bonchev–Trinajstić information content (AvgIpc) is 3.36. The molecule has 10 heteroatoms. The van der Waals surface area contributed by atoms with Gasteiger partial charge in [0.2, 0.25) is 17.6 Å². The molecule has 0 spiro atoms. The second-order valence-electron chi connectivity index (χ2n) is 6.96. The highest BCUT2D eigenvalue weighted by molar-refractivity contribution is 5.78. The number of alkyl halides is 3. The number of methoxy groups -OCH3 is 1. The molecule has 2 aromatic carbocycles. The van der Waals surface area contributed by atoms with E-state index in [2.05, 4.69) is 14.9 Å². The molecule has 0 bridgehead atoms. The summed E-state index contributed by atoms with van der Waals surface area (Å²) in [6, 6.07) is 12.2. The van der Waals surface area contributed by atoms with E-state index in [4.69, 9.17) is 9.26 Å². The highest BCUT2D eigenvalue weighted by Gasteiger charge is 2.36. The smallest absolute Gasteiger partial charge is 0.497 e. The Hall–Kier alpha value is -3.56. The third-order valence-electron chi connectivity index (χ3n) is 4.89. The number of hydrogen-bond acceptors (Lipinski definition) is 6. The fourth-order valence-electron chi connectivity index (χ4n) is 3.43. The largest absolute Gasteiger partial charge is 0.573 e. The Bertz CT molecular complexity index is 1070. The van der Waals surface area contributed by atoms with Gasteiger partial charge < -0.3 is 18.9 Å². The Morgan fingerprint density at radius 2 is 1.94 bits per heavy atom. The van der Waals surface area contributed by atoms with Gasteiger partial charge in [0.25, 0.3) is 0 Å². The van der Waals surface area contributed by atoms with Gasteiger partial charge >= 0.3 is 6.36 Å². The van der Waals surface area contributed by atoms with Gasteiger partial charge in [0.15, 0.2) is 0 Å². The molecule has 3 aromatic rings. The monoisotopic (exact) mass is 433 g/mol. The van der Waals surface area contributed by atoms with E-state index in [9.17, 15) is 18.0 Å². The molecule has 0 N–H and O–H groups in total. The number of carbonyl (C=O) groups is 1. The fourth-order valence-corrected chi connectivity index (χ4v) is 3.43. The first kappa shape index (κ1) is 20.7. The number of likely N-dealkylation sites (tertiary alicyclic amines) is 1. The maximum absolute atomic E-state index is 12.4. The molecule has 0 aliphatic carbocycles. The second-order valence-corrected chi connectivity index (χ2v) is 6.96. The van der Waals surface area contributed by atoms with Crippen molar-refractivity contribution in [3.8, 4) is 22.9 Å². The molecule has 0 radical (unpaired) electrons. The molecular formula is C21H18F3N3O4. The van der Waals surface area contributed by atoms with Crippen LogP contribution in [-0.4, -0.2) is 34.4 Å². The average molecular weight is 433 g/mol. The molecule has 4 rings (SSSR count). The van der Waals surface area contributed by atoms with Crippen LogP contribution in [0, 0.1) is 0 Å². The summed E-state index contributed by atoms with van der Waals surface area (Å²) in [6.45, 7) is 0.201. The Balaban J connectivity index is 1.50. The van der Waals surface area contributed by atoms with Crippen LogP contribution in [0.15, 0.2) is 53.1 Å². The standard InChI is InChI=1S/C21H18F3N3O4/c1-29-16-4-2-3-14(11-16)19-25-20(31-26-19)17-9-10-18(28)27(17)12-13-5-7-15(8-6-13)30-21(22,23)24/h2-8,11,17H,9-10,12H2,1H3. The van der Waals surface area contributed by atoms with Gasteiger partial charge in [-0.3, -0.25) is 4.79 Å². The number of benzene rings is 2. The lowest BCUT2D eigenvalue weighted by Gasteiger charge is -2.22. The highest BCUT2D eigenvalue weighted by Crippen LogP contribution is 2.35.